The summed E-state index contributed by atoms with van der Waals surface area (Å²) in [6.45, 7) is 9.13. The molecule has 0 radical (unpaired) electrons. The van der Waals surface area contributed by atoms with Gasteiger partial charge in [0.2, 0.25) is 11.6 Å². The molecule has 1 unspecified atom stereocenters. The molecule has 29 heavy (non-hydrogen) atoms. The summed E-state index contributed by atoms with van der Waals surface area (Å²) < 4.78 is 5.34. The van der Waals surface area contributed by atoms with Crippen LogP contribution in [0.5, 0.6) is 0 Å². The van der Waals surface area contributed by atoms with Crippen LogP contribution in [0.4, 0.5) is 5.69 Å². The van der Waals surface area contributed by atoms with Gasteiger partial charge in [-0.05, 0) is 70.7 Å². The number of ether oxygens (including phenoxy) is 1. The smallest absolute Gasteiger partial charge is 0.225 e. The molecule has 0 aliphatic heterocycles. The highest BCUT2D eigenvalue weighted by Crippen LogP contribution is 2.32. The Morgan fingerprint density at radius 3 is 2.24 bits per heavy atom. The van der Waals surface area contributed by atoms with Crippen LogP contribution in [0, 0.1) is 5.92 Å². The first-order valence-corrected chi connectivity index (χ1v) is 9.77. The van der Waals surface area contributed by atoms with Gasteiger partial charge in [-0.1, -0.05) is 18.6 Å². The minimum atomic E-state index is -0.279. The summed E-state index contributed by atoms with van der Waals surface area (Å²) in [5.74, 6) is -0.522. The number of carbonyl (C=O) groups is 3. The maximum atomic E-state index is 13.3. The Labute approximate surface area is 172 Å². The Bertz CT molecular complexity index is 913. The highest BCUT2D eigenvalue weighted by Gasteiger charge is 2.36. The summed E-state index contributed by atoms with van der Waals surface area (Å²) in [5, 5.41) is 3.08. The molecular weight excluding hydrogens is 366 g/mol. The number of carbonyl (C=O) groups excluding carboxylic acids is 3. The number of allylic oxidation sites excluding steroid dienone is 4. The lowest BCUT2D eigenvalue weighted by molar-refractivity contribution is -0.119. The van der Waals surface area contributed by atoms with Gasteiger partial charge < -0.3 is 10.1 Å². The van der Waals surface area contributed by atoms with Gasteiger partial charge >= 0.3 is 0 Å². The molecule has 1 aliphatic rings. The number of methoxy groups -OCH3 is 1. The van der Waals surface area contributed by atoms with E-state index in [1.165, 1.54) is 19.6 Å². The van der Waals surface area contributed by atoms with Crippen molar-refractivity contribution in [3.8, 4) is 0 Å². The molecule has 2 rings (SSSR count). The lowest BCUT2D eigenvalue weighted by atomic mass is 9.83. The number of Topliss-reactive ketones (excluding diaryl/α,β-unsaturated/α-hetero) is 3. The summed E-state index contributed by atoms with van der Waals surface area (Å²) in [6.07, 6.45) is 3.69. The molecule has 0 saturated heterocycles. The maximum absolute atomic E-state index is 13.3. The van der Waals surface area contributed by atoms with Crippen molar-refractivity contribution in [2.75, 3.05) is 12.4 Å². The number of hydrogen-bond donors (Lipinski definition) is 1. The minimum absolute atomic E-state index is 0.0315. The average Bonchev–Trinajstić information content (AvgIpc) is 2.67. The predicted octanol–water partition coefficient (Wildman–Crippen LogP) is 5.01. The van der Waals surface area contributed by atoms with Gasteiger partial charge in [0.15, 0.2) is 11.5 Å². The molecule has 0 amide bonds. The molecule has 0 aromatic heterocycles. The van der Waals surface area contributed by atoms with Crippen molar-refractivity contribution in [3.05, 3.63) is 64.1 Å². The molecule has 5 nitrogen and oxygen atoms in total. The van der Waals surface area contributed by atoms with Crippen LogP contribution >= 0.6 is 0 Å². The Hall–Kier alpha value is -2.95. The first-order valence-electron chi connectivity index (χ1n) is 9.77. The average molecular weight is 395 g/mol. The van der Waals surface area contributed by atoms with Crippen LogP contribution in [-0.4, -0.2) is 24.5 Å². The third kappa shape index (κ3) is 5.11. The molecular formula is C24H29NO4. The molecule has 0 bridgehead atoms. The Morgan fingerprint density at radius 1 is 1.10 bits per heavy atom. The summed E-state index contributed by atoms with van der Waals surface area (Å²) in [5.41, 5.74) is 3.44. The zero-order chi connectivity index (χ0) is 21.7. The van der Waals surface area contributed by atoms with Crippen LogP contribution in [0.25, 0.3) is 0 Å². The third-order valence-corrected chi connectivity index (χ3v) is 5.05. The van der Waals surface area contributed by atoms with Crippen LogP contribution in [0.3, 0.4) is 0 Å². The van der Waals surface area contributed by atoms with E-state index in [2.05, 4.69) is 11.4 Å². The standard InChI is InChI=1S/C24H29NO4/c1-14(2)8-7-9-15(3)20-23(28)21(16(4)22(27)24(20)29-6)25-19-12-10-18(11-13-19)17(5)26/h8,10-13,15,25H,7,9H2,1-6H3. The highest BCUT2D eigenvalue weighted by atomic mass is 16.5. The fourth-order valence-electron chi connectivity index (χ4n) is 3.31. The zero-order valence-electron chi connectivity index (χ0n) is 18.0. The van der Waals surface area contributed by atoms with Crippen LogP contribution in [-0.2, 0) is 14.3 Å². The lowest BCUT2D eigenvalue weighted by Crippen LogP contribution is -2.30. The van der Waals surface area contributed by atoms with Gasteiger partial charge in [0, 0.05) is 16.8 Å². The van der Waals surface area contributed by atoms with Crippen LogP contribution < -0.4 is 5.32 Å². The summed E-state index contributed by atoms with van der Waals surface area (Å²) >= 11 is 0. The van der Waals surface area contributed by atoms with Gasteiger partial charge in [-0.3, -0.25) is 14.4 Å². The molecule has 1 aromatic rings. The predicted molar refractivity (Wildman–Crippen MR) is 115 cm³/mol. The van der Waals surface area contributed by atoms with E-state index in [4.69, 9.17) is 4.74 Å². The minimum Gasteiger partial charge on any atom is -0.492 e. The van der Waals surface area contributed by atoms with E-state index in [1.807, 2.05) is 20.8 Å². The van der Waals surface area contributed by atoms with Gasteiger partial charge in [-0.15, -0.1) is 0 Å². The second-order valence-electron chi connectivity index (χ2n) is 7.62. The SMILES string of the molecule is COC1=C(C(C)CCC=C(C)C)C(=O)C(Nc2ccc(C(C)=O)cc2)=C(C)C1=O. The van der Waals surface area contributed by atoms with E-state index in [9.17, 15) is 14.4 Å². The van der Waals surface area contributed by atoms with Gasteiger partial charge in [-0.2, -0.15) is 0 Å². The zero-order valence-corrected chi connectivity index (χ0v) is 18.0. The number of ketones is 3. The third-order valence-electron chi connectivity index (χ3n) is 5.05. The first-order chi connectivity index (χ1) is 13.7. The second-order valence-corrected chi connectivity index (χ2v) is 7.62. The Balaban J connectivity index is 2.33. The highest BCUT2D eigenvalue weighted by molar-refractivity contribution is 6.25. The van der Waals surface area contributed by atoms with Crippen LogP contribution in [0.1, 0.15) is 57.8 Å². The summed E-state index contributed by atoms with van der Waals surface area (Å²) in [6, 6.07) is 6.83. The van der Waals surface area contributed by atoms with Gasteiger partial charge in [0.05, 0.1) is 18.4 Å². The molecule has 0 heterocycles. The summed E-state index contributed by atoms with van der Waals surface area (Å²) in [7, 11) is 1.43. The maximum Gasteiger partial charge on any atom is 0.225 e. The van der Waals surface area contributed by atoms with Crippen molar-refractivity contribution in [3.63, 3.8) is 0 Å². The number of hydrogen-bond acceptors (Lipinski definition) is 5. The molecule has 154 valence electrons. The molecule has 1 aromatic carbocycles. The quantitative estimate of drug-likeness (QED) is 0.380. The topological polar surface area (TPSA) is 72.5 Å². The van der Waals surface area contributed by atoms with Crippen molar-refractivity contribution in [2.45, 2.75) is 47.5 Å². The number of rotatable bonds is 8. The van der Waals surface area contributed by atoms with Crippen molar-refractivity contribution in [1.82, 2.24) is 0 Å². The second kappa shape index (κ2) is 9.50. The van der Waals surface area contributed by atoms with E-state index >= 15 is 0 Å². The number of benzene rings is 1. The van der Waals surface area contributed by atoms with Gasteiger partial charge in [0.25, 0.3) is 0 Å². The van der Waals surface area contributed by atoms with E-state index in [1.54, 1.807) is 31.2 Å². The van der Waals surface area contributed by atoms with Crippen LogP contribution in [0.2, 0.25) is 0 Å². The fourth-order valence-corrected chi connectivity index (χ4v) is 3.31. The van der Waals surface area contributed by atoms with Crippen molar-refractivity contribution in [2.24, 2.45) is 5.92 Å². The van der Waals surface area contributed by atoms with Gasteiger partial charge in [-0.25, -0.2) is 0 Å². The number of nitrogens with one attached hydrogen (secondary N) is 1. The number of anilines is 1. The monoisotopic (exact) mass is 395 g/mol. The van der Waals surface area contributed by atoms with Crippen molar-refractivity contribution in [1.29, 1.82) is 0 Å². The molecule has 0 fully saturated rings. The van der Waals surface area contributed by atoms with Crippen LogP contribution in [0.15, 0.2) is 58.5 Å². The Kier molecular flexibility index (Phi) is 7.32. The molecule has 1 atom stereocenters. The molecule has 5 heteroatoms. The van der Waals surface area contributed by atoms with E-state index < -0.39 is 0 Å². The molecule has 0 saturated carbocycles. The van der Waals surface area contributed by atoms with Crippen molar-refractivity contribution < 1.29 is 19.1 Å². The lowest BCUT2D eigenvalue weighted by Gasteiger charge is -2.25. The largest absolute Gasteiger partial charge is 0.492 e. The van der Waals surface area contributed by atoms with Gasteiger partial charge in [0.1, 0.15) is 0 Å². The summed E-state index contributed by atoms with van der Waals surface area (Å²) in [4.78, 5) is 37.6. The molecule has 1 N–H and O–H groups in total. The van der Waals surface area contributed by atoms with E-state index in [-0.39, 0.29) is 34.7 Å². The van der Waals surface area contributed by atoms with E-state index in [0.29, 0.717) is 22.4 Å². The normalized spacial score (nSPS) is 15.4. The molecule has 0 spiro atoms. The first kappa shape index (κ1) is 22.3. The Morgan fingerprint density at radius 2 is 1.72 bits per heavy atom. The van der Waals surface area contributed by atoms with E-state index in [0.717, 1.165) is 12.8 Å². The van der Waals surface area contributed by atoms with Crippen molar-refractivity contribution >= 4 is 23.0 Å². The molecule has 1 aliphatic carbocycles. The fraction of sp³-hybridized carbons (Fsp3) is 0.375.